The van der Waals surface area contributed by atoms with Crippen LogP contribution in [0.3, 0.4) is 0 Å². The van der Waals surface area contributed by atoms with E-state index >= 15 is 0 Å². The third kappa shape index (κ3) is 2.75. The van der Waals surface area contributed by atoms with Gasteiger partial charge < -0.3 is 5.32 Å². The van der Waals surface area contributed by atoms with Crippen molar-refractivity contribution in [2.45, 2.75) is 6.92 Å². The van der Waals surface area contributed by atoms with E-state index in [4.69, 9.17) is 11.6 Å². The van der Waals surface area contributed by atoms with Gasteiger partial charge in [-0.25, -0.2) is 4.98 Å². The molecule has 0 radical (unpaired) electrons. The highest BCUT2D eigenvalue weighted by Crippen LogP contribution is 2.10. The Morgan fingerprint density at radius 2 is 2.50 bits per heavy atom. The van der Waals surface area contributed by atoms with Crippen molar-refractivity contribution < 1.29 is 4.79 Å². The summed E-state index contributed by atoms with van der Waals surface area (Å²) in [5, 5.41) is 2.81. The summed E-state index contributed by atoms with van der Waals surface area (Å²) in [5.41, 5.74) is 0.368. The molecule has 0 fully saturated rings. The lowest BCUT2D eigenvalue weighted by atomic mass is 10.3. The van der Waals surface area contributed by atoms with Crippen LogP contribution in [0.5, 0.6) is 0 Å². The van der Waals surface area contributed by atoms with Gasteiger partial charge in [-0.1, -0.05) is 17.5 Å². The van der Waals surface area contributed by atoms with Crippen molar-refractivity contribution in [1.82, 2.24) is 10.3 Å². The second kappa shape index (κ2) is 5.25. The Morgan fingerprint density at radius 3 is 3.14 bits per heavy atom. The summed E-state index contributed by atoms with van der Waals surface area (Å²) in [6, 6.07) is 3.27. The Morgan fingerprint density at radius 1 is 1.71 bits per heavy atom. The summed E-state index contributed by atoms with van der Waals surface area (Å²) < 4.78 is 0. The molecule has 14 heavy (non-hydrogen) atoms. The maximum absolute atomic E-state index is 11.4. The number of aromatic nitrogens is 1. The van der Waals surface area contributed by atoms with Gasteiger partial charge in [0, 0.05) is 6.20 Å². The lowest BCUT2D eigenvalue weighted by molar-refractivity contribution is 0.0958. The molecule has 1 rings (SSSR count). The molecule has 0 aliphatic carbocycles. The molecule has 0 aliphatic heterocycles. The molecular weight excluding hydrogens is 200 g/mol. The van der Waals surface area contributed by atoms with Crippen LogP contribution in [-0.2, 0) is 0 Å². The van der Waals surface area contributed by atoms with Gasteiger partial charge in [0.25, 0.3) is 5.91 Å². The van der Waals surface area contributed by atoms with E-state index in [1.807, 2.05) is 0 Å². The average molecular weight is 209 g/mol. The van der Waals surface area contributed by atoms with Gasteiger partial charge >= 0.3 is 0 Å². The summed E-state index contributed by atoms with van der Waals surface area (Å²) in [7, 11) is 0. The third-order valence-corrected chi connectivity index (χ3v) is 1.82. The molecule has 0 unspecified atom stereocenters. The number of nitrogens with zero attached hydrogens (tertiary/aromatic N) is 1. The van der Waals surface area contributed by atoms with Gasteiger partial charge in [-0.15, -0.1) is 5.92 Å². The van der Waals surface area contributed by atoms with Gasteiger partial charge in [0.2, 0.25) is 0 Å². The monoisotopic (exact) mass is 208 g/mol. The Labute approximate surface area is 87.5 Å². The Kier molecular flexibility index (Phi) is 3.96. The second-order valence-corrected chi connectivity index (χ2v) is 2.81. The van der Waals surface area contributed by atoms with Gasteiger partial charge in [-0.3, -0.25) is 4.79 Å². The Hall–Kier alpha value is -1.53. The highest BCUT2D eigenvalue weighted by molar-refractivity contribution is 6.32. The standard InChI is InChI=1S/C10H9ClN2O/c1-2-3-6-13-10(14)8-5-4-7-12-9(8)11/h4-5,7H,6H2,1H3,(H,13,14). The van der Waals surface area contributed by atoms with E-state index in [1.54, 1.807) is 19.1 Å². The first-order valence-electron chi connectivity index (χ1n) is 4.04. The van der Waals surface area contributed by atoms with E-state index < -0.39 is 0 Å². The number of pyridine rings is 1. The Bertz CT molecular complexity index is 393. The summed E-state index contributed by atoms with van der Waals surface area (Å²) in [4.78, 5) is 15.2. The van der Waals surface area contributed by atoms with Gasteiger partial charge in [0.05, 0.1) is 12.1 Å². The number of carbonyl (C=O) groups is 1. The van der Waals surface area contributed by atoms with E-state index in [1.165, 1.54) is 6.20 Å². The van der Waals surface area contributed by atoms with E-state index in [0.717, 1.165) is 0 Å². The van der Waals surface area contributed by atoms with Crippen molar-refractivity contribution >= 4 is 17.5 Å². The van der Waals surface area contributed by atoms with Crippen LogP contribution in [0.25, 0.3) is 0 Å². The number of amides is 1. The minimum absolute atomic E-state index is 0.203. The van der Waals surface area contributed by atoms with E-state index in [0.29, 0.717) is 12.1 Å². The zero-order chi connectivity index (χ0) is 10.4. The molecule has 0 aromatic carbocycles. The minimum atomic E-state index is -0.258. The number of halogens is 1. The molecule has 3 nitrogen and oxygen atoms in total. The van der Waals surface area contributed by atoms with Crippen molar-refractivity contribution in [2.75, 3.05) is 6.54 Å². The number of hydrogen-bond acceptors (Lipinski definition) is 2. The fourth-order valence-electron chi connectivity index (χ4n) is 0.863. The van der Waals surface area contributed by atoms with Gasteiger partial charge in [0.1, 0.15) is 5.15 Å². The van der Waals surface area contributed by atoms with Crippen LogP contribution < -0.4 is 5.32 Å². The van der Waals surface area contributed by atoms with E-state index in [-0.39, 0.29) is 11.1 Å². The molecule has 0 saturated carbocycles. The van der Waals surface area contributed by atoms with Crippen molar-refractivity contribution in [2.24, 2.45) is 0 Å². The molecule has 0 atom stereocenters. The molecule has 1 N–H and O–H groups in total. The first-order chi connectivity index (χ1) is 6.75. The molecule has 1 aromatic rings. The van der Waals surface area contributed by atoms with Gasteiger partial charge in [-0.05, 0) is 19.1 Å². The van der Waals surface area contributed by atoms with Crippen LogP contribution in [-0.4, -0.2) is 17.4 Å². The fourth-order valence-corrected chi connectivity index (χ4v) is 1.07. The van der Waals surface area contributed by atoms with Crippen LogP contribution in [0, 0.1) is 11.8 Å². The maximum atomic E-state index is 11.4. The lowest BCUT2D eigenvalue weighted by Crippen LogP contribution is -2.24. The summed E-state index contributed by atoms with van der Waals surface area (Å²) >= 11 is 5.72. The molecule has 0 aliphatic rings. The molecule has 1 amide bonds. The zero-order valence-corrected chi connectivity index (χ0v) is 8.43. The molecule has 0 spiro atoms. The largest absolute Gasteiger partial charge is 0.341 e. The number of rotatable bonds is 2. The molecule has 1 aromatic heterocycles. The normalized spacial score (nSPS) is 8.71. The van der Waals surface area contributed by atoms with Crippen LogP contribution in [0.1, 0.15) is 17.3 Å². The van der Waals surface area contributed by atoms with Crippen LogP contribution >= 0.6 is 11.6 Å². The molecular formula is C10H9ClN2O. The predicted octanol–water partition coefficient (Wildman–Crippen LogP) is 1.49. The van der Waals surface area contributed by atoms with Crippen LogP contribution in [0.15, 0.2) is 18.3 Å². The van der Waals surface area contributed by atoms with Crippen molar-refractivity contribution in [1.29, 1.82) is 0 Å². The second-order valence-electron chi connectivity index (χ2n) is 2.45. The van der Waals surface area contributed by atoms with Crippen molar-refractivity contribution in [3.8, 4) is 11.8 Å². The quantitative estimate of drug-likeness (QED) is 0.591. The Balaban J connectivity index is 2.68. The molecule has 0 bridgehead atoms. The van der Waals surface area contributed by atoms with Gasteiger partial charge in [0.15, 0.2) is 0 Å². The first-order valence-corrected chi connectivity index (χ1v) is 4.42. The summed E-state index contributed by atoms with van der Waals surface area (Å²) in [6.07, 6.45) is 1.53. The highest BCUT2D eigenvalue weighted by atomic mass is 35.5. The average Bonchev–Trinajstić information content (AvgIpc) is 2.18. The maximum Gasteiger partial charge on any atom is 0.255 e. The van der Waals surface area contributed by atoms with Crippen LogP contribution in [0.2, 0.25) is 5.15 Å². The minimum Gasteiger partial charge on any atom is -0.341 e. The number of nitrogens with one attached hydrogen (secondary N) is 1. The SMILES string of the molecule is CC#CCNC(=O)c1cccnc1Cl. The molecule has 0 saturated heterocycles. The smallest absolute Gasteiger partial charge is 0.255 e. The topological polar surface area (TPSA) is 42.0 Å². The van der Waals surface area contributed by atoms with Gasteiger partial charge in [-0.2, -0.15) is 0 Å². The van der Waals surface area contributed by atoms with Crippen molar-refractivity contribution in [3.05, 3.63) is 29.0 Å². The summed E-state index contributed by atoms with van der Waals surface area (Å²) in [6.45, 7) is 2.03. The molecule has 4 heteroatoms. The highest BCUT2D eigenvalue weighted by Gasteiger charge is 2.08. The fraction of sp³-hybridized carbons (Fsp3) is 0.200. The molecule has 72 valence electrons. The van der Waals surface area contributed by atoms with E-state index in [9.17, 15) is 4.79 Å². The molecule has 1 heterocycles. The predicted molar refractivity (Wildman–Crippen MR) is 55.0 cm³/mol. The number of hydrogen-bond donors (Lipinski definition) is 1. The summed E-state index contributed by atoms with van der Waals surface area (Å²) in [5.74, 6) is 5.14. The first kappa shape index (κ1) is 10.6. The third-order valence-electron chi connectivity index (χ3n) is 1.52. The van der Waals surface area contributed by atoms with Crippen LogP contribution in [0.4, 0.5) is 0 Å². The van der Waals surface area contributed by atoms with E-state index in [2.05, 4.69) is 22.1 Å². The zero-order valence-electron chi connectivity index (χ0n) is 7.67. The van der Waals surface area contributed by atoms with Crippen molar-refractivity contribution in [3.63, 3.8) is 0 Å². The number of carbonyl (C=O) groups excluding carboxylic acids is 1. The lowest BCUT2D eigenvalue weighted by Gasteiger charge is -2.01.